The Morgan fingerprint density at radius 3 is 2.41 bits per heavy atom. The number of aromatic nitrogens is 1. The van der Waals surface area contributed by atoms with Crippen LogP contribution in [0.5, 0.6) is 11.5 Å². The van der Waals surface area contributed by atoms with E-state index >= 15 is 0 Å². The Morgan fingerprint density at radius 1 is 1.09 bits per heavy atom. The second-order valence-corrected chi connectivity index (χ2v) is 4.60. The molecule has 0 aliphatic rings. The van der Waals surface area contributed by atoms with Crippen molar-refractivity contribution >= 4 is 5.97 Å². The fourth-order valence-electron chi connectivity index (χ4n) is 1.85. The van der Waals surface area contributed by atoms with Crippen molar-refractivity contribution in [3.63, 3.8) is 0 Å². The lowest BCUT2D eigenvalue weighted by Crippen LogP contribution is -2.08. The topological polar surface area (TPSA) is 57.7 Å². The average Bonchev–Trinajstić information content (AvgIpc) is 2.55. The van der Waals surface area contributed by atoms with Gasteiger partial charge < -0.3 is 14.2 Å². The molecule has 5 heteroatoms. The number of hydrogen-bond donors (Lipinski definition) is 0. The van der Waals surface area contributed by atoms with Gasteiger partial charge in [0.05, 0.1) is 32.0 Å². The molecule has 22 heavy (non-hydrogen) atoms. The molecular formula is C17H19NO4. The summed E-state index contributed by atoms with van der Waals surface area (Å²) in [4.78, 5) is 15.6. The maximum absolute atomic E-state index is 11.4. The number of nitrogens with zero attached hydrogens (tertiary/aromatic N) is 1. The van der Waals surface area contributed by atoms with Crippen LogP contribution >= 0.6 is 0 Å². The molecule has 0 saturated carbocycles. The number of hydrogen-bond acceptors (Lipinski definition) is 5. The molecule has 0 aliphatic carbocycles. The van der Waals surface area contributed by atoms with Crippen LogP contribution in [-0.4, -0.2) is 24.7 Å². The summed E-state index contributed by atoms with van der Waals surface area (Å²) in [5.74, 6) is 1.19. The van der Waals surface area contributed by atoms with Crippen molar-refractivity contribution in [1.29, 1.82) is 0 Å². The zero-order valence-electron chi connectivity index (χ0n) is 12.7. The third-order valence-electron chi connectivity index (χ3n) is 2.99. The minimum atomic E-state index is -0.276. The first kappa shape index (κ1) is 15.8. The highest BCUT2D eigenvalue weighted by Crippen LogP contribution is 2.15. The first-order valence-corrected chi connectivity index (χ1v) is 7.07. The van der Waals surface area contributed by atoms with Crippen molar-refractivity contribution in [3.8, 4) is 11.5 Å². The molecule has 1 aromatic heterocycles. The van der Waals surface area contributed by atoms with Crippen LogP contribution in [0.2, 0.25) is 0 Å². The van der Waals surface area contributed by atoms with Crippen LogP contribution in [-0.2, 0) is 22.6 Å². The Hall–Kier alpha value is -2.56. The van der Waals surface area contributed by atoms with Crippen LogP contribution in [0.15, 0.2) is 42.6 Å². The van der Waals surface area contributed by atoms with Crippen LogP contribution in [0, 0.1) is 0 Å². The van der Waals surface area contributed by atoms with Crippen molar-refractivity contribution in [1.82, 2.24) is 4.98 Å². The predicted octanol–water partition coefficient (Wildman–Crippen LogP) is 2.77. The molecule has 2 aromatic rings. The number of methoxy groups -OCH3 is 1. The third-order valence-corrected chi connectivity index (χ3v) is 2.99. The monoisotopic (exact) mass is 301 g/mol. The lowest BCUT2D eigenvalue weighted by atomic mass is 10.2. The molecule has 1 aromatic carbocycles. The molecule has 0 spiro atoms. The molecule has 0 fully saturated rings. The van der Waals surface area contributed by atoms with Crippen molar-refractivity contribution in [2.75, 3.05) is 13.7 Å². The smallest absolute Gasteiger partial charge is 0.311 e. The van der Waals surface area contributed by atoms with Gasteiger partial charge in [0.25, 0.3) is 0 Å². The van der Waals surface area contributed by atoms with Gasteiger partial charge in [0.2, 0.25) is 0 Å². The second kappa shape index (κ2) is 8.02. The summed E-state index contributed by atoms with van der Waals surface area (Å²) in [7, 11) is 1.63. The van der Waals surface area contributed by atoms with Gasteiger partial charge >= 0.3 is 5.97 Å². The van der Waals surface area contributed by atoms with Crippen LogP contribution in [0.25, 0.3) is 0 Å². The maximum atomic E-state index is 11.4. The molecule has 1 heterocycles. The summed E-state index contributed by atoms with van der Waals surface area (Å²) in [6, 6.07) is 11.2. The SMILES string of the molecule is CCOC(=O)Cc1ccc(OCc2ccc(OC)cc2)cn1. The van der Waals surface area contributed by atoms with Crippen LogP contribution in [0.4, 0.5) is 0 Å². The normalized spacial score (nSPS) is 10.1. The van der Waals surface area contributed by atoms with Crippen molar-refractivity contribution < 1.29 is 19.0 Å². The molecule has 0 N–H and O–H groups in total. The highest BCUT2D eigenvalue weighted by Gasteiger charge is 2.05. The summed E-state index contributed by atoms with van der Waals surface area (Å²) < 4.78 is 15.6. The van der Waals surface area contributed by atoms with Gasteiger partial charge in [0.1, 0.15) is 18.1 Å². The molecule has 116 valence electrons. The minimum Gasteiger partial charge on any atom is -0.497 e. The number of pyridine rings is 1. The Labute approximate surface area is 129 Å². The molecule has 0 unspecified atom stereocenters. The van der Waals surface area contributed by atoms with Gasteiger partial charge in [0.15, 0.2) is 0 Å². The lowest BCUT2D eigenvalue weighted by Gasteiger charge is -2.07. The fraction of sp³-hybridized carbons (Fsp3) is 0.294. The van der Waals surface area contributed by atoms with Gasteiger partial charge in [0, 0.05) is 0 Å². The molecule has 0 aliphatic heterocycles. The second-order valence-electron chi connectivity index (χ2n) is 4.60. The maximum Gasteiger partial charge on any atom is 0.311 e. The highest BCUT2D eigenvalue weighted by molar-refractivity contribution is 5.71. The van der Waals surface area contributed by atoms with Gasteiger partial charge in [-0.3, -0.25) is 9.78 Å². The van der Waals surface area contributed by atoms with Gasteiger partial charge in [-0.15, -0.1) is 0 Å². The van der Waals surface area contributed by atoms with Crippen molar-refractivity contribution in [2.24, 2.45) is 0 Å². The van der Waals surface area contributed by atoms with Gasteiger partial charge in [-0.05, 0) is 36.8 Å². The number of benzene rings is 1. The first-order chi connectivity index (χ1) is 10.7. The number of carbonyl (C=O) groups excluding carboxylic acids is 1. The molecule has 0 amide bonds. The van der Waals surface area contributed by atoms with Gasteiger partial charge in [-0.1, -0.05) is 12.1 Å². The van der Waals surface area contributed by atoms with E-state index in [4.69, 9.17) is 14.2 Å². The molecule has 0 saturated heterocycles. The number of rotatable bonds is 7. The summed E-state index contributed by atoms with van der Waals surface area (Å²) in [5.41, 5.74) is 1.70. The number of esters is 1. The first-order valence-electron chi connectivity index (χ1n) is 7.07. The Balaban J connectivity index is 1.86. The summed E-state index contributed by atoms with van der Waals surface area (Å²) in [6.07, 6.45) is 1.78. The highest BCUT2D eigenvalue weighted by atomic mass is 16.5. The Kier molecular flexibility index (Phi) is 5.77. The molecule has 0 bridgehead atoms. The van der Waals surface area contributed by atoms with E-state index in [1.54, 1.807) is 32.4 Å². The quantitative estimate of drug-likeness (QED) is 0.736. The zero-order valence-corrected chi connectivity index (χ0v) is 12.7. The van der Waals surface area contributed by atoms with E-state index in [0.717, 1.165) is 11.3 Å². The predicted molar refractivity (Wildman–Crippen MR) is 81.9 cm³/mol. The van der Waals surface area contributed by atoms with Crippen molar-refractivity contribution in [2.45, 2.75) is 20.0 Å². The molecule has 0 radical (unpaired) electrons. The van der Waals surface area contributed by atoms with E-state index in [9.17, 15) is 4.79 Å². The molecule has 5 nitrogen and oxygen atoms in total. The summed E-state index contributed by atoms with van der Waals surface area (Å²) in [6.45, 7) is 2.60. The molecule has 0 atom stereocenters. The average molecular weight is 301 g/mol. The van der Waals surface area contributed by atoms with E-state index in [1.807, 2.05) is 24.3 Å². The summed E-state index contributed by atoms with van der Waals surface area (Å²) >= 11 is 0. The van der Waals surface area contributed by atoms with E-state index in [2.05, 4.69) is 4.98 Å². The summed E-state index contributed by atoms with van der Waals surface area (Å²) in [5, 5.41) is 0. The van der Waals surface area contributed by atoms with E-state index < -0.39 is 0 Å². The van der Waals surface area contributed by atoms with Crippen molar-refractivity contribution in [3.05, 3.63) is 53.9 Å². The molecule has 2 rings (SSSR count). The van der Waals surface area contributed by atoms with Gasteiger partial charge in [-0.25, -0.2) is 0 Å². The standard InChI is InChI=1S/C17H19NO4/c1-3-21-17(19)10-14-6-9-16(11-18-14)22-12-13-4-7-15(20-2)8-5-13/h4-9,11H,3,10,12H2,1-2H3. The van der Waals surface area contributed by atoms with E-state index in [-0.39, 0.29) is 12.4 Å². The fourth-order valence-corrected chi connectivity index (χ4v) is 1.85. The lowest BCUT2D eigenvalue weighted by molar-refractivity contribution is -0.142. The largest absolute Gasteiger partial charge is 0.497 e. The molecular weight excluding hydrogens is 282 g/mol. The third kappa shape index (κ3) is 4.77. The van der Waals surface area contributed by atoms with Crippen LogP contribution in [0.3, 0.4) is 0 Å². The van der Waals surface area contributed by atoms with Crippen LogP contribution in [0.1, 0.15) is 18.2 Å². The number of ether oxygens (including phenoxy) is 3. The van der Waals surface area contributed by atoms with Crippen LogP contribution < -0.4 is 9.47 Å². The van der Waals surface area contributed by atoms with E-state index in [1.165, 1.54) is 0 Å². The Bertz CT molecular complexity index is 593. The van der Waals surface area contributed by atoms with E-state index in [0.29, 0.717) is 24.7 Å². The number of carbonyl (C=O) groups is 1. The Morgan fingerprint density at radius 2 is 1.82 bits per heavy atom. The van der Waals surface area contributed by atoms with Gasteiger partial charge in [-0.2, -0.15) is 0 Å². The minimum absolute atomic E-state index is 0.173. The zero-order chi connectivity index (χ0) is 15.8.